The highest BCUT2D eigenvalue weighted by molar-refractivity contribution is 5.85. The van der Waals surface area contributed by atoms with Gasteiger partial charge in [-0.15, -0.1) is 12.4 Å². The van der Waals surface area contributed by atoms with Crippen molar-refractivity contribution in [2.45, 2.75) is 39.7 Å². The Hall–Kier alpha value is -0.540. The molecule has 0 saturated carbocycles. The fraction of sp³-hybridized carbons (Fsp3) is 0.750. The summed E-state index contributed by atoms with van der Waals surface area (Å²) in [7, 11) is 0. The molecule has 1 atom stereocenters. The largest absolute Gasteiger partial charge is 0.460 e. The third-order valence-electron chi connectivity index (χ3n) is 2.46. The smallest absolute Gasteiger partial charge is 0.330 e. The van der Waals surface area contributed by atoms with Crippen molar-refractivity contribution in [1.29, 1.82) is 0 Å². The van der Waals surface area contributed by atoms with Crippen molar-refractivity contribution in [3.63, 3.8) is 0 Å². The van der Waals surface area contributed by atoms with Gasteiger partial charge in [0.1, 0.15) is 0 Å². The molecule has 3 nitrogen and oxygen atoms in total. The van der Waals surface area contributed by atoms with Gasteiger partial charge in [0, 0.05) is 6.08 Å². The van der Waals surface area contributed by atoms with Gasteiger partial charge in [0.05, 0.1) is 6.10 Å². The maximum atomic E-state index is 10.9. The van der Waals surface area contributed by atoms with Gasteiger partial charge >= 0.3 is 5.97 Å². The van der Waals surface area contributed by atoms with Crippen LogP contribution in [0, 0.1) is 0 Å². The second kappa shape index (κ2) is 11.0. The van der Waals surface area contributed by atoms with E-state index in [1.807, 2.05) is 6.92 Å². The summed E-state index contributed by atoms with van der Waals surface area (Å²) >= 11 is 0. The molecule has 0 aromatic rings. The maximum Gasteiger partial charge on any atom is 0.330 e. The SMILES string of the molecule is C=CC(=O)OC(C)CCCN(CC)CC.Cl. The molecule has 0 aromatic carbocycles. The van der Waals surface area contributed by atoms with E-state index in [4.69, 9.17) is 4.74 Å². The van der Waals surface area contributed by atoms with E-state index >= 15 is 0 Å². The number of halogens is 1. The van der Waals surface area contributed by atoms with Crippen molar-refractivity contribution in [1.82, 2.24) is 4.90 Å². The minimum atomic E-state index is -0.328. The molecule has 0 N–H and O–H groups in total. The van der Waals surface area contributed by atoms with E-state index in [2.05, 4.69) is 25.3 Å². The first kappa shape index (κ1) is 17.8. The average Bonchev–Trinajstić information content (AvgIpc) is 2.24. The Kier molecular flexibility index (Phi) is 12.2. The first-order valence-corrected chi connectivity index (χ1v) is 5.69. The maximum absolute atomic E-state index is 10.9. The summed E-state index contributed by atoms with van der Waals surface area (Å²) in [6.45, 7) is 12.8. The number of carbonyl (C=O) groups is 1. The molecule has 0 spiro atoms. The third-order valence-corrected chi connectivity index (χ3v) is 2.46. The zero-order valence-corrected chi connectivity index (χ0v) is 11.4. The van der Waals surface area contributed by atoms with Gasteiger partial charge in [-0.2, -0.15) is 0 Å². The van der Waals surface area contributed by atoms with Crippen molar-refractivity contribution < 1.29 is 9.53 Å². The van der Waals surface area contributed by atoms with Crippen molar-refractivity contribution in [3.8, 4) is 0 Å². The van der Waals surface area contributed by atoms with Crippen LogP contribution in [0.3, 0.4) is 0 Å². The standard InChI is InChI=1S/C12H23NO2.ClH/c1-5-12(14)15-11(4)9-8-10-13(6-2)7-3;/h5,11H,1,6-10H2,2-4H3;1H. The molecule has 0 saturated heterocycles. The summed E-state index contributed by atoms with van der Waals surface area (Å²) < 4.78 is 5.07. The predicted octanol–water partition coefficient (Wildman–Crippen LogP) is 2.65. The first-order chi connectivity index (χ1) is 7.13. The summed E-state index contributed by atoms with van der Waals surface area (Å²) in [5.41, 5.74) is 0. The van der Waals surface area contributed by atoms with Gasteiger partial charge < -0.3 is 9.64 Å². The van der Waals surface area contributed by atoms with E-state index in [9.17, 15) is 4.79 Å². The van der Waals surface area contributed by atoms with Crippen LogP contribution in [0.25, 0.3) is 0 Å². The Labute approximate surface area is 105 Å². The van der Waals surface area contributed by atoms with Crippen LogP contribution < -0.4 is 0 Å². The van der Waals surface area contributed by atoms with Crippen LogP contribution in [0.4, 0.5) is 0 Å². The molecule has 1 unspecified atom stereocenters. The topological polar surface area (TPSA) is 29.5 Å². The number of rotatable bonds is 8. The summed E-state index contributed by atoms with van der Waals surface area (Å²) in [6, 6.07) is 0. The van der Waals surface area contributed by atoms with Crippen LogP contribution in [0.5, 0.6) is 0 Å². The van der Waals surface area contributed by atoms with E-state index < -0.39 is 0 Å². The van der Waals surface area contributed by atoms with Gasteiger partial charge in [0.15, 0.2) is 0 Å². The highest BCUT2D eigenvalue weighted by Gasteiger charge is 2.07. The zero-order valence-electron chi connectivity index (χ0n) is 10.6. The van der Waals surface area contributed by atoms with Crippen molar-refractivity contribution in [2.75, 3.05) is 19.6 Å². The fourth-order valence-electron chi connectivity index (χ4n) is 1.45. The molecule has 0 amide bonds. The molecule has 0 bridgehead atoms. The van der Waals surface area contributed by atoms with E-state index in [1.54, 1.807) is 0 Å². The summed E-state index contributed by atoms with van der Waals surface area (Å²) in [4.78, 5) is 13.2. The molecule has 0 aliphatic rings. The van der Waals surface area contributed by atoms with Gasteiger partial charge in [-0.3, -0.25) is 0 Å². The molecule has 96 valence electrons. The van der Waals surface area contributed by atoms with Crippen molar-refractivity contribution >= 4 is 18.4 Å². The molecule has 0 rings (SSSR count). The lowest BCUT2D eigenvalue weighted by molar-refractivity contribution is -0.142. The lowest BCUT2D eigenvalue weighted by atomic mass is 10.2. The van der Waals surface area contributed by atoms with Gasteiger partial charge in [-0.1, -0.05) is 20.4 Å². The van der Waals surface area contributed by atoms with Crippen molar-refractivity contribution in [2.24, 2.45) is 0 Å². The second-order valence-electron chi connectivity index (χ2n) is 3.62. The lowest BCUT2D eigenvalue weighted by Crippen LogP contribution is -2.25. The van der Waals surface area contributed by atoms with E-state index in [0.29, 0.717) is 0 Å². The summed E-state index contributed by atoms with van der Waals surface area (Å²) in [6.07, 6.45) is 3.18. The normalized spacial score (nSPS) is 11.8. The monoisotopic (exact) mass is 249 g/mol. The number of carbonyl (C=O) groups excluding carboxylic acids is 1. The minimum absolute atomic E-state index is 0. The van der Waals surface area contributed by atoms with Crippen LogP contribution in [0.2, 0.25) is 0 Å². The highest BCUT2D eigenvalue weighted by atomic mass is 35.5. The first-order valence-electron chi connectivity index (χ1n) is 5.69. The lowest BCUT2D eigenvalue weighted by Gasteiger charge is -2.19. The number of ether oxygens (including phenoxy) is 1. The Bertz CT molecular complexity index is 193. The third kappa shape index (κ3) is 8.74. The van der Waals surface area contributed by atoms with Gasteiger partial charge in [-0.05, 0) is 39.4 Å². The number of hydrogen-bond acceptors (Lipinski definition) is 3. The van der Waals surface area contributed by atoms with E-state index in [0.717, 1.165) is 32.5 Å². The highest BCUT2D eigenvalue weighted by Crippen LogP contribution is 2.03. The van der Waals surface area contributed by atoms with E-state index in [1.165, 1.54) is 6.08 Å². The Balaban J connectivity index is 0. The fourth-order valence-corrected chi connectivity index (χ4v) is 1.45. The quantitative estimate of drug-likeness (QED) is 0.489. The predicted molar refractivity (Wildman–Crippen MR) is 70.0 cm³/mol. The molecule has 0 heterocycles. The molecule has 0 aliphatic heterocycles. The number of hydrogen-bond donors (Lipinski definition) is 0. The molecule has 16 heavy (non-hydrogen) atoms. The molecular formula is C12H24ClNO2. The van der Waals surface area contributed by atoms with Gasteiger partial charge in [0.25, 0.3) is 0 Å². The molecule has 0 radical (unpaired) electrons. The second-order valence-corrected chi connectivity index (χ2v) is 3.62. The molecule has 4 heteroatoms. The van der Waals surface area contributed by atoms with Crippen LogP contribution in [-0.2, 0) is 9.53 Å². The zero-order chi connectivity index (χ0) is 11.7. The van der Waals surface area contributed by atoms with Crippen LogP contribution in [0.15, 0.2) is 12.7 Å². The van der Waals surface area contributed by atoms with Crippen molar-refractivity contribution in [3.05, 3.63) is 12.7 Å². The Morgan fingerprint density at radius 1 is 1.44 bits per heavy atom. The summed E-state index contributed by atoms with van der Waals surface area (Å²) in [5, 5.41) is 0. The van der Waals surface area contributed by atoms with Gasteiger partial charge in [0.2, 0.25) is 0 Å². The minimum Gasteiger partial charge on any atom is -0.460 e. The average molecular weight is 250 g/mol. The molecule has 0 aliphatic carbocycles. The van der Waals surface area contributed by atoms with Crippen LogP contribution >= 0.6 is 12.4 Å². The number of nitrogens with zero attached hydrogens (tertiary/aromatic N) is 1. The van der Waals surface area contributed by atoms with Gasteiger partial charge in [-0.25, -0.2) is 4.79 Å². The summed E-state index contributed by atoms with van der Waals surface area (Å²) in [5.74, 6) is -0.328. The molecular weight excluding hydrogens is 226 g/mol. The van der Waals surface area contributed by atoms with E-state index in [-0.39, 0.29) is 24.5 Å². The Morgan fingerprint density at radius 2 is 2.00 bits per heavy atom. The Morgan fingerprint density at radius 3 is 2.44 bits per heavy atom. The van der Waals surface area contributed by atoms with Crippen LogP contribution in [0.1, 0.15) is 33.6 Å². The molecule has 0 fully saturated rings. The van der Waals surface area contributed by atoms with Crippen LogP contribution in [-0.4, -0.2) is 36.6 Å². The number of esters is 1. The molecule has 0 aromatic heterocycles.